The summed E-state index contributed by atoms with van der Waals surface area (Å²) in [4.78, 5) is 34.6. The van der Waals surface area contributed by atoms with Crippen molar-refractivity contribution >= 4 is 23.9 Å². The van der Waals surface area contributed by atoms with E-state index in [0.717, 1.165) is 0 Å². The number of rotatable bonds is 6. The summed E-state index contributed by atoms with van der Waals surface area (Å²) in [5.74, 6) is -3.15. The summed E-state index contributed by atoms with van der Waals surface area (Å²) >= 11 is 0. The van der Waals surface area contributed by atoms with Crippen LogP contribution < -0.4 is 10.6 Å². The molecule has 0 fully saturated rings. The molecule has 1 rings (SSSR count). The minimum Gasteiger partial charge on any atom is -0.480 e. The number of hydrogen-bond donors (Lipinski definition) is 3. The van der Waals surface area contributed by atoms with Crippen molar-refractivity contribution in [1.82, 2.24) is 10.6 Å². The maximum Gasteiger partial charge on any atom is 0.326 e. The predicted octanol–water partition coefficient (Wildman–Crippen LogP) is 1.53. The van der Waals surface area contributed by atoms with Gasteiger partial charge in [-0.2, -0.15) is 0 Å². The highest BCUT2D eigenvalue weighted by Crippen LogP contribution is 2.09. The van der Waals surface area contributed by atoms with E-state index in [9.17, 15) is 18.8 Å². The summed E-state index contributed by atoms with van der Waals surface area (Å²) in [6.07, 6.45) is 1.34. The number of nitrogens with one attached hydrogen (secondary N) is 2. The number of hydrogen-bond acceptors (Lipinski definition) is 3. The second-order valence-electron chi connectivity index (χ2n) is 5.32. The summed E-state index contributed by atoms with van der Waals surface area (Å²) < 4.78 is 12.9. The molecule has 0 spiro atoms. The molecule has 0 aliphatic rings. The van der Waals surface area contributed by atoms with E-state index < -0.39 is 29.6 Å². The van der Waals surface area contributed by atoms with Gasteiger partial charge in [0, 0.05) is 6.92 Å². The van der Waals surface area contributed by atoms with Crippen LogP contribution in [0, 0.1) is 11.7 Å². The Labute approximate surface area is 133 Å². The largest absolute Gasteiger partial charge is 0.480 e. The van der Waals surface area contributed by atoms with Crippen LogP contribution in [-0.4, -0.2) is 28.9 Å². The molecule has 124 valence electrons. The quantitative estimate of drug-likeness (QED) is 0.692. The lowest BCUT2D eigenvalue weighted by molar-refractivity contribution is -0.142. The molecule has 0 heterocycles. The van der Waals surface area contributed by atoms with Crippen LogP contribution in [0.4, 0.5) is 4.39 Å². The normalized spacial score (nSPS) is 12.7. The molecule has 0 saturated heterocycles. The monoisotopic (exact) mass is 322 g/mol. The summed E-state index contributed by atoms with van der Waals surface area (Å²) in [6.45, 7) is 4.53. The molecule has 0 aliphatic heterocycles. The minimum absolute atomic E-state index is 0.115. The third-order valence-electron chi connectivity index (χ3n) is 2.96. The van der Waals surface area contributed by atoms with Gasteiger partial charge in [0.1, 0.15) is 17.6 Å². The van der Waals surface area contributed by atoms with Crippen molar-refractivity contribution in [1.29, 1.82) is 0 Å². The Morgan fingerprint density at radius 1 is 1.17 bits per heavy atom. The standard InChI is InChI=1S/C16H19FN2O4/c1-9(2)14(16(22)23)19-15(21)13(18-10(3)20)8-11-4-6-12(17)7-5-11/h4-9,14H,1-3H3,(H,18,20)(H,19,21)(H,22,23)/b13-8-. The van der Waals surface area contributed by atoms with Crippen molar-refractivity contribution < 1.29 is 23.9 Å². The average molecular weight is 322 g/mol. The van der Waals surface area contributed by atoms with E-state index in [4.69, 9.17) is 5.11 Å². The highest BCUT2D eigenvalue weighted by atomic mass is 19.1. The third-order valence-corrected chi connectivity index (χ3v) is 2.96. The first-order valence-electron chi connectivity index (χ1n) is 6.99. The predicted molar refractivity (Wildman–Crippen MR) is 82.6 cm³/mol. The SMILES string of the molecule is CC(=O)N/C(=C\c1ccc(F)cc1)C(=O)NC(C(=O)O)C(C)C. The number of benzene rings is 1. The molecule has 0 saturated carbocycles. The number of carboxylic acids is 1. The molecule has 0 bridgehead atoms. The molecular weight excluding hydrogens is 303 g/mol. The minimum atomic E-state index is -1.17. The van der Waals surface area contributed by atoms with Crippen molar-refractivity contribution in [3.05, 3.63) is 41.3 Å². The smallest absolute Gasteiger partial charge is 0.326 e. The number of carbonyl (C=O) groups is 3. The number of carbonyl (C=O) groups excluding carboxylic acids is 2. The number of carboxylic acid groups (broad SMARTS) is 1. The molecule has 1 aromatic carbocycles. The first-order valence-corrected chi connectivity index (χ1v) is 6.99. The second-order valence-corrected chi connectivity index (χ2v) is 5.32. The van der Waals surface area contributed by atoms with E-state index >= 15 is 0 Å². The Bertz CT molecular complexity index is 623. The first kappa shape index (κ1) is 18.3. The van der Waals surface area contributed by atoms with E-state index in [0.29, 0.717) is 5.56 Å². The van der Waals surface area contributed by atoms with Gasteiger partial charge in [0.2, 0.25) is 5.91 Å². The Balaban J connectivity index is 3.05. The van der Waals surface area contributed by atoms with Crippen molar-refractivity contribution in [3.63, 3.8) is 0 Å². The fourth-order valence-corrected chi connectivity index (χ4v) is 1.81. The van der Waals surface area contributed by atoms with Crippen LogP contribution >= 0.6 is 0 Å². The Hall–Kier alpha value is -2.70. The third kappa shape index (κ3) is 5.90. The van der Waals surface area contributed by atoms with E-state index in [1.165, 1.54) is 37.3 Å². The van der Waals surface area contributed by atoms with E-state index in [1.807, 2.05) is 0 Å². The van der Waals surface area contributed by atoms with Crippen molar-refractivity contribution in [3.8, 4) is 0 Å². The van der Waals surface area contributed by atoms with Crippen LogP contribution in [-0.2, 0) is 14.4 Å². The lowest BCUT2D eigenvalue weighted by Crippen LogP contribution is -2.46. The van der Waals surface area contributed by atoms with Gasteiger partial charge in [-0.3, -0.25) is 9.59 Å². The summed E-state index contributed by atoms with van der Waals surface area (Å²) in [7, 11) is 0. The van der Waals surface area contributed by atoms with Crippen molar-refractivity contribution in [2.24, 2.45) is 5.92 Å². The van der Waals surface area contributed by atoms with Crippen LogP contribution in [0.2, 0.25) is 0 Å². The van der Waals surface area contributed by atoms with Gasteiger partial charge in [0.05, 0.1) is 0 Å². The molecule has 0 aliphatic carbocycles. The maximum absolute atomic E-state index is 12.9. The summed E-state index contributed by atoms with van der Waals surface area (Å²) in [5.41, 5.74) is 0.373. The van der Waals surface area contributed by atoms with Gasteiger partial charge in [-0.1, -0.05) is 26.0 Å². The Morgan fingerprint density at radius 2 is 1.74 bits per heavy atom. The zero-order chi connectivity index (χ0) is 17.6. The van der Waals surface area contributed by atoms with Crippen LogP contribution in [0.25, 0.3) is 6.08 Å². The number of aliphatic carboxylic acids is 1. The zero-order valence-electron chi connectivity index (χ0n) is 13.1. The molecule has 1 unspecified atom stereocenters. The highest BCUT2D eigenvalue weighted by Gasteiger charge is 2.25. The fourth-order valence-electron chi connectivity index (χ4n) is 1.81. The maximum atomic E-state index is 12.9. The van der Waals surface area contributed by atoms with Gasteiger partial charge in [0.15, 0.2) is 0 Å². The molecule has 3 N–H and O–H groups in total. The molecule has 23 heavy (non-hydrogen) atoms. The van der Waals surface area contributed by atoms with Crippen LogP contribution in [0.5, 0.6) is 0 Å². The molecular formula is C16H19FN2O4. The molecule has 1 atom stereocenters. The molecule has 2 amide bonds. The van der Waals surface area contributed by atoms with Gasteiger partial charge in [-0.05, 0) is 29.7 Å². The Kier molecular flexibility index (Phi) is 6.44. The van der Waals surface area contributed by atoms with Crippen molar-refractivity contribution in [2.75, 3.05) is 0 Å². The zero-order valence-corrected chi connectivity index (χ0v) is 13.1. The number of halogens is 1. The van der Waals surface area contributed by atoms with Gasteiger partial charge in [0.25, 0.3) is 5.91 Å². The lowest BCUT2D eigenvalue weighted by atomic mass is 10.0. The van der Waals surface area contributed by atoms with Crippen LogP contribution in [0.3, 0.4) is 0 Å². The van der Waals surface area contributed by atoms with Gasteiger partial charge < -0.3 is 15.7 Å². The number of amides is 2. The van der Waals surface area contributed by atoms with Crippen LogP contribution in [0.1, 0.15) is 26.3 Å². The van der Waals surface area contributed by atoms with Crippen LogP contribution in [0.15, 0.2) is 30.0 Å². The second kappa shape index (κ2) is 8.07. The summed E-state index contributed by atoms with van der Waals surface area (Å²) in [6, 6.07) is 4.20. The molecule has 7 heteroatoms. The molecule has 1 aromatic rings. The van der Waals surface area contributed by atoms with E-state index in [-0.39, 0.29) is 11.6 Å². The van der Waals surface area contributed by atoms with Crippen molar-refractivity contribution in [2.45, 2.75) is 26.8 Å². The van der Waals surface area contributed by atoms with E-state index in [1.54, 1.807) is 13.8 Å². The fraction of sp³-hybridized carbons (Fsp3) is 0.312. The molecule has 0 radical (unpaired) electrons. The molecule has 6 nitrogen and oxygen atoms in total. The topological polar surface area (TPSA) is 95.5 Å². The Morgan fingerprint density at radius 3 is 2.17 bits per heavy atom. The summed E-state index contributed by atoms with van der Waals surface area (Å²) in [5, 5.41) is 13.8. The lowest BCUT2D eigenvalue weighted by Gasteiger charge is -2.19. The van der Waals surface area contributed by atoms with E-state index in [2.05, 4.69) is 10.6 Å². The van der Waals surface area contributed by atoms with Gasteiger partial charge >= 0.3 is 5.97 Å². The molecule has 0 aromatic heterocycles. The van der Waals surface area contributed by atoms with Gasteiger partial charge in [-0.25, -0.2) is 9.18 Å². The first-order chi connectivity index (χ1) is 10.7. The average Bonchev–Trinajstić information content (AvgIpc) is 2.44. The van der Waals surface area contributed by atoms with Gasteiger partial charge in [-0.15, -0.1) is 0 Å². The highest BCUT2D eigenvalue weighted by molar-refractivity contribution is 6.02.